The minimum absolute atomic E-state index is 0. The number of hydrogen-bond donors (Lipinski definition) is 2. The van der Waals surface area contributed by atoms with Crippen molar-refractivity contribution in [3.8, 4) is 0 Å². The predicted octanol–water partition coefficient (Wildman–Crippen LogP) is 3.03. The van der Waals surface area contributed by atoms with Gasteiger partial charge in [0.25, 0.3) is 0 Å². The lowest BCUT2D eigenvalue weighted by Gasteiger charge is -2.33. The summed E-state index contributed by atoms with van der Waals surface area (Å²) in [7, 11) is 1.82. The number of aliphatic imine (C=N–C) groups is 1. The van der Waals surface area contributed by atoms with Crippen LogP contribution in [0.1, 0.15) is 37.4 Å². The molecule has 1 aliphatic heterocycles. The second-order valence-corrected chi connectivity index (χ2v) is 7.11. The summed E-state index contributed by atoms with van der Waals surface area (Å²) in [5.74, 6) is 0.870. The highest BCUT2D eigenvalue weighted by Crippen LogP contribution is 2.12. The zero-order chi connectivity index (χ0) is 16.7. The third-order valence-electron chi connectivity index (χ3n) is 3.98. The molecule has 0 aromatic carbocycles. The first-order valence-corrected chi connectivity index (χ1v) is 9.25. The number of nitrogens with zero attached hydrogens (tertiary/aromatic N) is 3. The molecule has 0 aliphatic carbocycles. The van der Waals surface area contributed by atoms with Gasteiger partial charge in [-0.15, -0.1) is 35.3 Å². The van der Waals surface area contributed by atoms with Gasteiger partial charge in [0.2, 0.25) is 0 Å². The van der Waals surface area contributed by atoms with Crippen LogP contribution in [0.25, 0.3) is 0 Å². The molecule has 136 valence electrons. The second-order valence-electron chi connectivity index (χ2n) is 6.16. The Kier molecular flexibility index (Phi) is 9.84. The molecule has 0 saturated carbocycles. The van der Waals surface area contributed by atoms with Gasteiger partial charge in [-0.3, -0.25) is 9.89 Å². The molecule has 0 radical (unpaired) electrons. The first kappa shape index (κ1) is 21.4. The molecule has 2 heterocycles. The van der Waals surface area contributed by atoms with Crippen molar-refractivity contribution in [2.45, 2.75) is 45.7 Å². The minimum atomic E-state index is 0. The lowest BCUT2D eigenvalue weighted by Crippen LogP contribution is -2.48. The fraction of sp³-hybridized carbons (Fsp3) is 0.647. The highest BCUT2D eigenvalue weighted by atomic mass is 127. The van der Waals surface area contributed by atoms with Crippen molar-refractivity contribution < 1.29 is 0 Å². The average molecular weight is 463 g/mol. The molecule has 1 aliphatic rings. The van der Waals surface area contributed by atoms with Crippen LogP contribution in [0.15, 0.2) is 22.5 Å². The van der Waals surface area contributed by atoms with Crippen LogP contribution in [-0.2, 0) is 13.0 Å². The number of halogens is 1. The molecule has 7 heteroatoms. The summed E-state index contributed by atoms with van der Waals surface area (Å²) < 4.78 is 0. The molecule has 0 atom stereocenters. The largest absolute Gasteiger partial charge is 0.354 e. The van der Waals surface area contributed by atoms with Gasteiger partial charge in [0, 0.05) is 38.1 Å². The number of rotatable bonds is 6. The number of thiazole rings is 1. The van der Waals surface area contributed by atoms with Crippen LogP contribution in [0.4, 0.5) is 0 Å². The summed E-state index contributed by atoms with van der Waals surface area (Å²) in [5, 5.41) is 10.2. The maximum atomic E-state index is 4.58. The van der Waals surface area contributed by atoms with Gasteiger partial charge < -0.3 is 10.6 Å². The van der Waals surface area contributed by atoms with Crippen molar-refractivity contribution in [3.63, 3.8) is 0 Å². The van der Waals surface area contributed by atoms with Crippen LogP contribution >= 0.6 is 35.3 Å². The SMILES string of the molecule is C=C(C)CN1CCC(NC(=NC)NCc2csc(CC)n2)CC1.I. The molecular weight excluding hydrogens is 433 g/mol. The van der Waals surface area contributed by atoms with E-state index in [1.165, 1.54) is 10.6 Å². The van der Waals surface area contributed by atoms with E-state index in [-0.39, 0.29) is 24.0 Å². The van der Waals surface area contributed by atoms with Gasteiger partial charge in [-0.1, -0.05) is 19.1 Å². The summed E-state index contributed by atoms with van der Waals surface area (Å²) >= 11 is 1.73. The Balaban J connectivity index is 0.00000288. The summed E-state index contributed by atoms with van der Waals surface area (Å²) in [6.07, 6.45) is 3.29. The van der Waals surface area contributed by atoms with Crippen molar-refractivity contribution in [1.29, 1.82) is 0 Å². The maximum absolute atomic E-state index is 4.58. The highest BCUT2D eigenvalue weighted by molar-refractivity contribution is 14.0. The van der Waals surface area contributed by atoms with Gasteiger partial charge >= 0.3 is 0 Å². The van der Waals surface area contributed by atoms with Gasteiger partial charge in [0.15, 0.2) is 5.96 Å². The van der Waals surface area contributed by atoms with Crippen LogP contribution in [0, 0.1) is 0 Å². The van der Waals surface area contributed by atoms with E-state index in [1.54, 1.807) is 11.3 Å². The van der Waals surface area contributed by atoms with Gasteiger partial charge in [0.1, 0.15) is 0 Å². The van der Waals surface area contributed by atoms with E-state index < -0.39 is 0 Å². The number of piperidine rings is 1. The first-order chi connectivity index (χ1) is 11.1. The summed E-state index contributed by atoms with van der Waals surface area (Å²) in [4.78, 5) is 11.4. The van der Waals surface area contributed by atoms with E-state index in [9.17, 15) is 0 Å². The van der Waals surface area contributed by atoms with Crippen molar-refractivity contribution in [2.24, 2.45) is 4.99 Å². The molecule has 0 bridgehead atoms. The number of hydrogen-bond acceptors (Lipinski definition) is 4. The van der Waals surface area contributed by atoms with E-state index in [1.807, 2.05) is 7.05 Å². The molecule has 1 saturated heterocycles. The number of likely N-dealkylation sites (tertiary alicyclic amines) is 1. The molecule has 0 spiro atoms. The third kappa shape index (κ3) is 7.06. The fourth-order valence-electron chi connectivity index (χ4n) is 2.77. The maximum Gasteiger partial charge on any atom is 0.191 e. The predicted molar refractivity (Wildman–Crippen MR) is 115 cm³/mol. The number of aromatic nitrogens is 1. The zero-order valence-electron chi connectivity index (χ0n) is 15.0. The fourth-order valence-corrected chi connectivity index (χ4v) is 3.52. The van der Waals surface area contributed by atoms with Gasteiger partial charge in [-0.2, -0.15) is 0 Å². The van der Waals surface area contributed by atoms with Crippen LogP contribution < -0.4 is 10.6 Å². The van der Waals surface area contributed by atoms with E-state index in [2.05, 4.69) is 51.3 Å². The van der Waals surface area contributed by atoms with E-state index in [0.29, 0.717) is 6.04 Å². The van der Waals surface area contributed by atoms with Crippen LogP contribution in [0.3, 0.4) is 0 Å². The van der Waals surface area contributed by atoms with Crippen molar-refractivity contribution in [3.05, 3.63) is 28.2 Å². The molecule has 0 unspecified atom stereocenters. The highest BCUT2D eigenvalue weighted by Gasteiger charge is 2.19. The van der Waals surface area contributed by atoms with Crippen molar-refractivity contribution in [2.75, 3.05) is 26.7 Å². The third-order valence-corrected chi connectivity index (χ3v) is 5.03. The Morgan fingerprint density at radius 1 is 1.46 bits per heavy atom. The topological polar surface area (TPSA) is 52.5 Å². The van der Waals surface area contributed by atoms with Gasteiger partial charge in [-0.25, -0.2) is 4.98 Å². The van der Waals surface area contributed by atoms with Gasteiger partial charge in [-0.05, 0) is 26.2 Å². The first-order valence-electron chi connectivity index (χ1n) is 8.38. The Hall–Kier alpha value is -0.670. The molecule has 5 nitrogen and oxygen atoms in total. The number of nitrogens with one attached hydrogen (secondary N) is 2. The smallest absolute Gasteiger partial charge is 0.191 e. The molecule has 24 heavy (non-hydrogen) atoms. The quantitative estimate of drug-likeness (QED) is 0.295. The Labute approximate surface area is 167 Å². The summed E-state index contributed by atoms with van der Waals surface area (Å²) in [6, 6.07) is 0.490. The van der Waals surface area contributed by atoms with E-state index >= 15 is 0 Å². The minimum Gasteiger partial charge on any atom is -0.354 e. The van der Waals surface area contributed by atoms with Crippen LogP contribution in [0.5, 0.6) is 0 Å². The average Bonchev–Trinajstić information content (AvgIpc) is 3.00. The second kappa shape index (κ2) is 11.0. The number of guanidine groups is 1. The number of aryl methyl sites for hydroxylation is 1. The molecule has 1 aromatic rings. The molecule has 1 aromatic heterocycles. The molecule has 0 amide bonds. The Morgan fingerprint density at radius 2 is 2.17 bits per heavy atom. The Morgan fingerprint density at radius 3 is 2.71 bits per heavy atom. The van der Waals surface area contributed by atoms with Crippen LogP contribution in [-0.4, -0.2) is 48.6 Å². The molecule has 2 N–H and O–H groups in total. The van der Waals surface area contributed by atoms with Crippen molar-refractivity contribution in [1.82, 2.24) is 20.5 Å². The van der Waals surface area contributed by atoms with Crippen molar-refractivity contribution >= 4 is 41.3 Å². The van der Waals surface area contributed by atoms with E-state index in [0.717, 1.165) is 57.1 Å². The monoisotopic (exact) mass is 463 g/mol. The lowest BCUT2D eigenvalue weighted by molar-refractivity contribution is 0.221. The Bertz CT molecular complexity index is 535. The zero-order valence-corrected chi connectivity index (χ0v) is 18.1. The lowest BCUT2D eigenvalue weighted by atomic mass is 10.0. The van der Waals surface area contributed by atoms with Crippen LogP contribution in [0.2, 0.25) is 0 Å². The molecular formula is C17H30IN5S. The summed E-state index contributed by atoms with van der Waals surface area (Å²) in [6.45, 7) is 12.2. The van der Waals surface area contributed by atoms with E-state index in [4.69, 9.17) is 0 Å². The standard InChI is InChI=1S/C17H29N5S.HI/c1-5-16-20-15(12-23-16)10-19-17(18-4)21-14-6-8-22(9-7-14)11-13(2)3;/h12,14H,2,5-11H2,1,3-4H3,(H2,18,19,21);1H. The summed E-state index contributed by atoms with van der Waals surface area (Å²) in [5.41, 5.74) is 2.33. The molecule has 1 fully saturated rings. The molecule has 2 rings (SSSR count). The normalized spacial score (nSPS) is 16.5. The van der Waals surface area contributed by atoms with Gasteiger partial charge in [0.05, 0.1) is 17.2 Å².